The summed E-state index contributed by atoms with van der Waals surface area (Å²) in [6.07, 6.45) is 7.58. The minimum atomic E-state index is 0.326. The molecule has 1 nitrogen and oxygen atoms in total. The summed E-state index contributed by atoms with van der Waals surface area (Å²) in [6.45, 7) is 0. The second-order valence-corrected chi connectivity index (χ2v) is 6.99. The van der Waals surface area contributed by atoms with Crippen molar-refractivity contribution in [3.63, 3.8) is 0 Å². The Kier molecular flexibility index (Phi) is 4.89. The van der Waals surface area contributed by atoms with Crippen molar-refractivity contribution in [3.8, 4) is 0 Å². The average molecular weight is 244 g/mol. The maximum absolute atomic E-state index is 12.3. The largest absolute Gasteiger partial charge is 0.298 e. The van der Waals surface area contributed by atoms with Crippen molar-refractivity contribution in [3.05, 3.63) is 0 Å². The molecule has 2 rings (SSSR count). The van der Waals surface area contributed by atoms with Crippen LogP contribution in [-0.4, -0.2) is 28.3 Å². The zero-order valence-corrected chi connectivity index (χ0v) is 10.9. The lowest BCUT2D eigenvalue weighted by molar-refractivity contribution is -0.122. The van der Waals surface area contributed by atoms with Crippen molar-refractivity contribution < 1.29 is 4.79 Å². The normalized spacial score (nSPS) is 29.7. The maximum Gasteiger partial charge on any atom is 0.149 e. The number of carbonyl (C=O) groups is 1. The van der Waals surface area contributed by atoms with E-state index in [1.54, 1.807) is 0 Å². The van der Waals surface area contributed by atoms with Gasteiger partial charge in [-0.05, 0) is 12.8 Å². The lowest BCUT2D eigenvalue weighted by Crippen LogP contribution is -2.30. The number of thioether (sulfide) groups is 2. The van der Waals surface area contributed by atoms with Crippen LogP contribution in [0.5, 0.6) is 0 Å². The van der Waals surface area contributed by atoms with Crippen LogP contribution < -0.4 is 0 Å². The number of ketones is 1. The predicted octanol–water partition coefficient (Wildman–Crippen LogP) is 3.37. The van der Waals surface area contributed by atoms with Crippen LogP contribution in [-0.2, 0) is 4.79 Å². The first-order chi connectivity index (χ1) is 7.38. The summed E-state index contributed by atoms with van der Waals surface area (Å²) in [5.74, 6) is 4.46. The van der Waals surface area contributed by atoms with Crippen molar-refractivity contribution in [1.82, 2.24) is 0 Å². The quantitative estimate of drug-likeness (QED) is 0.693. The first kappa shape index (κ1) is 11.8. The molecule has 0 aromatic heterocycles. The molecule has 0 aromatic rings. The van der Waals surface area contributed by atoms with E-state index in [0.29, 0.717) is 17.0 Å². The molecule has 0 spiro atoms. The highest BCUT2D eigenvalue weighted by atomic mass is 32.2. The molecule has 86 valence electrons. The predicted molar refractivity (Wildman–Crippen MR) is 69.8 cm³/mol. The summed E-state index contributed by atoms with van der Waals surface area (Å²) < 4.78 is 0. The fourth-order valence-electron chi connectivity index (χ4n) is 2.48. The highest BCUT2D eigenvalue weighted by molar-refractivity contribution is 8.07. The van der Waals surface area contributed by atoms with E-state index in [2.05, 4.69) is 0 Å². The molecule has 1 saturated carbocycles. The monoisotopic (exact) mass is 244 g/mol. The maximum atomic E-state index is 12.3. The number of hydrogen-bond donors (Lipinski definition) is 0. The van der Waals surface area contributed by atoms with Gasteiger partial charge in [-0.1, -0.05) is 25.7 Å². The van der Waals surface area contributed by atoms with Crippen LogP contribution in [0, 0.1) is 5.92 Å². The Morgan fingerprint density at radius 2 is 1.73 bits per heavy atom. The summed E-state index contributed by atoms with van der Waals surface area (Å²) in [5, 5.41) is 0.326. The van der Waals surface area contributed by atoms with E-state index in [9.17, 15) is 4.79 Å². The highest BCUT2D eigenvalue weighted by Crippen LogP contribution is 2.31. The van der Waals surface area contributed by atoms with Crippen molar-refractivity contribution in [2.75, 3.05) is 17.3 Å². The molecule has 0 radical (unpaired) electrons. The van der Waals surface area contributed by atoms with Crippen LogP contribution in [0.4, 0.5) is 0 Å². The molecule has 0 N–H and O–H groups in total. The zero-order chi connectivity index (χ0) is 10.5. The molecule has 0 bridgehead atoms. The fourth-order valence-corrected chi connectivity index (χ4v) is 5.19. The second-order valence-electron chi connectivity index (χ2n) is 4.53. The van der Waals surface area contributed by atoms with Crippen molar-refractivity contribution >= 4 is 29.3 Å². The Balaban J connectivity index is 1.87. The van der Waals surface area contributed by atoms with Gasteiger partial charge in [-0.15, -0.1) is 11.8 Å². The van der Waals surface area contributed by atoms with E-state index in [0.717, 1.165) is 5.75 Å². The molecule has 3 heteroatoms. The molecular weight excluding hydrogens is 224 g/mol. The van der Waals surface area contributed by atoms with Crippen molar-refractivity contribution in [2.24, 2.45) is 5.92 Å². The summed E-state index contributed by atoms with van der Waals surface area (Å²) in [6, 6.07) is 0. The van der Waals surface area contributed by atoms with Gasteiger partial charge in [0.25, 0.3) is 0 Å². The highest BCUT2D eigenvalue weighted by Gasteiger charge is 2.29. The van der Waals surface area contributed by atoms with Gasteiger partial charge < -0.3 is 0 Å². The third kappa shape index (κ3) is 3.42. The molecule has 1 saturated heterocycles. The Hall–Kier alpha value is 0.370. The topological polar surface area (TPSA) is 17.1 Å². The SMILES string of the molecule is O=C(C1CCCCCC1)C1CSCCS1. The van der Waals surface area contributed by atoms with Gasteiger partial charge in [0.2, 0.25) is 0 Å². The third-order valence-corrected chi connectivity index (χ3v) is 6.16. The first-order valence-electron chi connectivity index (χ1n) is 6.11. The van der Waals surface area contributed by atoms with Crippen molar-refractivity contribution in [1.29, 1.82) is 0 Å². The molecule has 0 aromatic carbocycles. The van der Waals surface area contributed by atoms with E-state index in [1.165, 1.54) is 50.0 Å². The Bertz CT molecular complexity index is 204. The number of rotatable bonds is 2. The van der Waals surface area contributed by atoms with Gasteiger partial charge in [0.05, 0.1) is 5.25 Å². The molecule has 1 heterocycles. The van der Waals surface area contributed by atoms with Gasteiger partial charge in [0.1, 0.15) is 5.78 Å². The number of carbonyl (C=O) groups excluding carboxylic acids is 1. The van der Waals surface area contributed by atoms with Gasteiger partial charge in [-0.2, -0.15) is 11.8 Å². The third-order valence-electron chi connectivity index (χ3n) is 3.39. The molecule has 2 fully saturated rings. The average Bonchev–Trinajstić information content (AvgIpc) is 2.58. The molecule has 0 amide bonds. The molecule has 1 unspecified atom stereocenters. The van der Waals surface area contributed by atoms with Crippen LogP contribution in [0.3, 0.4) is 0 Å². The van der Waals surface area contributed by atoms with Gasteiger partial charge in [0.15, 0.2) is 0 Å². The van der Waals surface area contributed by atoms with Crippen LogP contribution in [0.1, 0.15) is 38.5 Å². The standard InChI is InChI=1S/C12H20OS2/c13-12(11-9-14-7-8-15-11)10-5-3-1-2-4-6-10/h10-11H,1-9H2. The molecule has 1 aliphatic carbocycles. The summed E-state index contributed by atoms with van der Waals surface area (Å²) >= 11 is 3.86. The lowest BCUT2D eigenvalue weighted by Gasteiger charge is -2.23. The van der Waals surface area contributed by atoms with E-state index in [-0.39, 0.29) is 0 Å². The minimum Gasteiger partial charge on any atom is -0.298 e. The summed E-state index contributed by atoms with van der Waals surface area (Å²) in [5.41, 5.74) is 0. The Labute approximate surface area is 101 Å². The van der Waals surface area contributed by atoms with Gasteiger partial charge in [-0.25, -0.2) is 0 Å². The number of Topliss-reactive ketones (excluding diaryl/α,β-unsaturated/α-hetero) is 1. The van der Waals surface area contributed by atoms with Crippen LogP contribution in [0.2, 0.25) is 0 Å². The van der Waals surface area contributed by atoms with Crippen molar-refractivity contribution in [2.45, 2.75) is 43.8 Å². The van der Waals surface area contributed by atoms with Gasteiger partial charge in [0, 0.05) is 23.2 Å². The molecule has 2 aliphatic rings. The van der Waals surface area contributed by atoms with E-state index in [4.69, 9.17) is 0 Å². The fraction of sp³-hybridized carbons (Fsp3) is 0.917. The van der Waals surface area contributed by atoms with Crippen LogP contribution in [0.15, 0.2) is 0 Å². The smallest absolute Gasteiger partial charge is 0.149 e. The van der Waals surface area contributed by atoms with E-state index in [1.807, 2.05) is 23.5 Å². The lowest BCUT2D eigenvalue weighted by atomic mass is 9.94. The molecule has 1 aliphatic heterocycles. The molecular formula is C12H20OS2. The van der Waals surface area contributed by atoms with E-state index >= 15 is 0 Å². The number of hydrogen-bond acceptors (Lipinski definition) is 3. The Morgan fingerprint density at radius 3 is 2.33 bits per heavy atom. The summed E-state index contributed by atoms with van der Waals surface area (Å²) in [4.78, 5) is 12.3. The summed E-state index contributed by atoms with van der Waals surface area (Å²) in [7, 11) is 0. The van der Waals surface area contributed by atoms with E-state index < -0.39 is 0 Å². The zero-order valence-electron chi connectivity index (χ0n) is 9.24. The van der Waals surface area contributed by atoms with Crippen LogP contribution in [0.25, 0.3) is 0 Å². The minimum absolute atomic E-state index is 0.326. The first-order valence-corrected chi connectivity index (χ1v) is 8.31. The second kappa shape index (κ2) is 6.19. The van der Waals surface area contributed by atoms with Gasteiger partial charge >= 0.3 is 0 Å². The van der Waals surface area contributed by atoms with Gasteiger partial charge in [-0.3, -0.25) is 4.79 Å². The molecule has 1 atom stereocenters. The van der Waals surface area contributed by atoms with Crippen LogP contribution >= 0.6 is 23.5 Å². The Morgan fingerprint density at radius 1 is 1.00 bits per heavy atom. The molecule has 15 heavy (non-hydrogen) atoms.